The van der Waals surface area contributed by atoms with Crippen LogP contribution in [0, 0.1) is 17.8 Å². The summed E-state index contributed by atoms with van der Waals surface area (Å²) in [5.74, 6) is 2.53. The van der Waals surface area contributed by atoms with Crippen molar-refractivity contribution < 1.29 is 0 Å². The van der Waals surface area contributed by atoms with Crippen molar-refractivity contribution in [2.45, 2.75) is 95.3 Å². The molecule has 0 aromatic carbocycles. The van der Waals surface area contributed by atoms with Crippen LogP contribution < -0.4 is 5.73 Å². The van der Waals surface area contributed by atoms with Crippen LogP contribution >= 0.6 is 11.6 Å². The van der Waals surface area contributed by atoms with Crippen LogP contribution in [0.1, 0.15) is 89.9 Å². The number of alkyl halides is 1. The molecule has 0 aliphatic heterocycles. The van der Waals surface area contributed by atoms with Crippen molar-refractivity contribution in [1.82, 2.24) is 0 Å². The number of halogens is 1. The molecule has 0 spiro atoms. The van der Waals surface area contributed by atoms with Crippen molar-refractivity contribution >= 4 is 11.6 Å². The van der Waals surface area contributed by atoms with Crippen molar-refractivity contribution in [3.63, 3.8) is 0 Å². The molecule has 2 saturated carbocycles. The lowest BCUT2D eigenvalue weighted by molar-refractivity contribution is 0.267. The van der Waals surface area contributed by atoms with Gasteiger partial charge in [0.25, 0.3) is 0 Å². The predicted molar refractivity (Wildman–Crippen MR) is 93.8 cm³/mol. The van der Waals surface area contributed by atoms with Crippen LogP contribution in [-0.2, 0) is 0 Å². The average molecular weight is 314 g/mol. The molecular weight excluding hydrogens is 278 g/mol. The van der Waals surface area contributed by atoms with E-state index in [0.717, 1.165) is 24.8 Å². The summed E-state index contributed by atoms with van der Waals surface area (Å²) in [7, 11) is 0. The largest absolute Gasteiger partial charge is 0.330 e. The topological polar surface area (TPSA) is 26.0 Å². The van der Waals surface area contributed by atoms with Gasteiger partial charge in [0, 0.05) is 5.38 Å². The first-order chi connectivity index (χ1) is 10.3. The summed E-state index contributed by atoms with van der Waals surface area (Å²) in [6.07, 6.45) is 19.9. The second-order valence-electron chi connectivity index (χ2n) is 7.69. The summed E-state index contributed by atoms with van der Waals surface area (Å²) in [4.78, 5) is 0. The smallest absolute Gasteiger partial charge is 0.0367 e. The van der Waals surface area contributed by atoms with Crippen molar-refractivity contribution in [3.05, 3.63) is 0 Å². The van der Waals surface area contributed by atoms with Crippen molar-refractivity contribution in [2.24, 2.45) is 23.5 Å². The number of hydrogen-bond donors (Lipinski definition) is 1. The quantitative estimate of drug-likeness (QED) is 0.439. The summed E-state index contributed by atoms with van der Waals surface area (Å²) in [5, 5.41) is 0.398. The van der Waals surface area contributed by atoms with Gasteiger partial charge in [-0.05, 0) is 50.0 Å². The van der Waals surface area contributed by atoms with E-state index in [4.69, 9.17) is 17.3 Å². The zero-order valence-corrected chi connectivity index (χ0v) is 14.6. The molecule has 2 fully saturated rings. The van der Waals surface area contributed by atoms with Crippen molar-refractivity contribution in [2.75, 3.05) is 6.54 Å². The third-order valence-corrected chi connectivity index (χ3v) is 6.55. The van der Waals surface area contributed by atoms with Gasteiger partial charge < -0.3 is 5.73 Å². The van der Waals surface area contributed by atoms with Gasteiger partial charge in [0.2, 0.25) is 0 Å². The Morgan fingerprint density at radius 2 is 1.48 bits per heavy atom. The average Bonchev–Trinajstić information content (AvgIpc) is 2.53. The van der Waals surface area contributed by atoms with Crippen LogP contribution in [0.5, 0.6) is 0 Å². The Bertz CT molecular complexity index is 262. The van der Waals surface area contributed by atoms with Crippen LogP contribution in [0.2, 0.25) is 0 Å². The van der Waals surface area contributed by atoms with Gasteiger partial charge in [0.05, 0.1) is 0 Å². The van der Waals surface area contributed by atoms with E-state index in [2.05, 4.69) is 0 Å². The maximum Gasteiger partial charge on any atom is 0.0367 e. The van der Waals surface area contributed by atoms with Crippen LogP contribution in [0.25, 0.3) is 0 Å². The van der Waals surface area contributed by atoms with Gasteiger partial charge in [-0.25, -0.2) is 0 Å². The summed E-state index contributed by atoms with van der Waals surface area (Å²) >= 11 is 6.54. The van der Waals surface area contributed by atoms with E-state index in [1.165, 1.54) is 83.5 Å². The lowest BCUT2D eigenvalue weighted by atomic mass is 9.79. The zero-order valence-electron chi connectivity index (χ0n) is 13.9. The van der Waals surface area contributed by atoms with E-state index in [9.17, 15) is 0 Å². The zero-order chi connectivity index (χ0) is 14.9. The summed E-state index contributed by atoms with van der Waals surface area (Å²) in [6.45, 7) is 0.830. The number of rotatable bonds is 8. The molecule has 0 aromatic rings. The normalized spacial score (nSPS) is 31.4. The molecule has 21 heavy (non-hydrogen) atoms. The summed E-state index contributed by atoms with van der Waals surface area (Å²) < 4.78 is 0. The third kappa shape index (κ3) is 6.48. The molecule has 0 aromatic heterocycles. The van der Waals surface area contributed by atoms with E-state index >= 15 is 0 Å². The Labute approximate surface area is 137 Å². The Morgan fingerprint density at radius 1 is 0.762 bits per heavy atom. The van der Waals surface area contributed by atoms with Crippen LogP contribution in [-0.4, -0.2) is 11.9 Å². The fourth-order valence-corrected chi connectivity index (χ4v) is 4.97. The van der Waals surface area contributed by atoms with E-state index in [1.54, 1.807) is 0 Å². The maximum atomic E-state index is 6.54. The maximum absolute atomic E-state index is 6.54. The van der Waals surface area contributed by atoms with Crippen LogP contribution in [0.3, 0.4) is 0 Å². The first-order valence-corrected chi connectivity index (χ1v) is 10.1. The first-order valence-electron chi connectivity index (χ1n) is 9.63. The molecule has 0 amide bonds. The SMILES string of the molecule is NCC1CCC(CCCCCCC2CCCCC2)C(Cl)C1. The van der Waals surface area contributed by atoms with E-state index in [1.807, 2.05) is 0 Å². The monoisotopic (exact) mass is 313 g/mol. The fraction of sp³-hybridized carbons (Fsp3) is 1.00. The summed E-state index contributed by atoms with van der Waals surface area (Å²) in [5.41, 5.74) is 5.77. The highest BCUT2D eigenvalue weighted by molar-refractivity contribution is 6.20. The van der Waals surface area contributed by atoms with E-state index < -0.39 is 0 Å². The van der Waals surface area contributed by atoms with Crippen molar-refractivity contribution in [1.29, 1.82) is 0 Å². The second kappa shape index (κ2) is 10.1. The lowest BCUT2D eigenvalue weighted by Gasteiger charge is -2.32. The standard InChI is InChI=1S/C19H36ClN/c20-19-14-17(15-21)12-13-18(19)11-7-2-1-4-8-16-9-5-3-6-10-16/h16-19H,1-15,21H2. The number of nitrogens with two attached hydrogens (primary N) is 1. The minimum Gasteiger partial charge on any atom is -0.330 e. The van der Waals surface area contributed by atoms with Crippen LogP contribution in [0.4, 0.5) is 0 Å². The highest BCUT2D eigenvalue weighted by Gasteiger charge is 2.27. The number of hydrogen-bond acceptors (Lipinski definition) is 1. The minimum atomic E-state index is 0.398. The van der Waals surface area contributed by atoms with Gasteiger partial charge in [-0.3, -0.25) is 0 Å². The van der Waals surface area contributed by atoms with Crippen molar-refractivity contribution in [3.8, 4) is 0 Å². The molecule has 2 heteroatoms. The Balaban J connectivity index is 1.46. The molecule has 3 atom stereocenters. The molecule has 2 N–H and O–H groups in total. The highest BCUT2D eigenvalue weighted by Crippen LogP contribution is 2.35. The van der Waals surface area contributed by atoms with Gasteiger partial charge in [-0.15, -0.1) is 11.6 Å². The molecule has 124 valence electrons. The molecule has 2 aliphatic rings. The molecule has 2 aliphatic carbocycles. The minimum absolute atomic E-state index is 0.398. The molecule has 0 saturated heterocycles. The lowest BCUT2D eigenvalue weighted by Crippen LogP contribution is -2.29. The van der Waals surface area contributed by atoms with Gasteiger partial charge in [0.1, 0.15) is 0 Å². The molecular formula is C19H36ClN. The second-order valence-corrected chi connectivity index (χ2v) is 8.25. The third-order valence-electron chi connectivity index (χ3n) is 6.01. The van der Waals surface area contributed by atoms with Gasteiger partial charge in [-0.2, -0.15) is 0 Å². The molecule has 0 heterocycles. The molecule has 1 nitrogen and oxygen atoms in total. The number of unbranched alkanes of at least 4 members (excludes halogenated alkanes) is 3. The Kier molecular flexibility index (Phi) is 8.47. The van der Waals surface area contributed by atoms with Gasteiger partial charge >= 0.3 is 0 Å². The molecule has 0 bridgehead atoms. The van der Waals surface area contributed by atoms with Gasteiger partial charge in [0.15, 0.2) is 0 Å². The Morgan fingerprint density at radius 3 is 2.14 bits per heavy atom. The molecule has 3 unspecified atom stereocenters. The predicted octanol–water partition coefficient (Wildman–Crippen LogP) is 5.89. The van der Waals surface area contributed by atoms with Gasteiger partial charge in [-0.1, -0.05) is 64.2 Å². The molecule has 2 rings (SSSR count). The first kappa shape index (κ1) is 17.6. The summed E-state index contributed by atoms with van der Waals surface area (Å²) in [6, 6.07) is 0. The molecule has 0 radical (unpaired) electrons. The Hall–Kier alpha value is 0.250. The van der Waals surface area contributed by atoms with E-state index in [-0.39, 0.29) is 0 Å². The highest BCUT2D eigenvalue weighted by atomic mass is 35.5. The van der Waals surface area contributed by atoms with Crippen LogP contribution in [0.15, 0.2) is 0 Å². The fourth-order valence-electron chi connectivity index (χ4n) is 4.47. The van der Waals surface area contributed by atoms with E-state index in [0.29, 0.717) is 11.3 Å².